The van der Waals surface area contributed by atoms with Gasteiger partial charge in [0.2, 0.25) is 5.91 Å². The molecule has 0 saturated heterocycles. The highest BCUT2D eigenvalue weighted by Crippen LogP contribution is 2.16. The second kappa shape index (κ2) is 5.10. The summed E-state index contributed by atoms with van der Waals surface area (Å²) in [6.45, 7) is 2.47. The highest BCUT2D eigenvalue weighted by atomic mass is 79.9. The molecule has 1 aromatic rings. The zero-order valence-electron chi connectivity index (χ0n) is 7.81. The van der Waals surface area contributed by atoms with Crippen molar-refractivity contribution >= 4 is 21.8 Å². The summed E-state index contributed by atoms with van der Waals surface area (Å²) in [4.78, 5) is 11.2. The molecule has 0 aliphatic carbocycles. The van der Waals surface area contributed by atoms with Gasteiger partial charge in [-0.3, -0.25) is 4.79 Å². The molecule has 0 spiro atoms. The number of hydrogen-bond acceptors (Lipinski definition) is 1. The molecule has 4 heteroatoms. The summed E-state index contributed by atoms with van der Waals surface area (Å²) in [6, 6.07) is 4.57. The smallest absolute Gasteiger partial charge is 0.224 e. The van der Waals surface area contributed by atoms with Gasteiger partial charge in [-0.05, 0) is 40.5 Å². The molecule has 0 aromatic heterocycles. The van der Waals surface area contributed by atoms with E-state index >= 15 is 0 Å². The maximum Gasteiger partial charge on any atom is 0.224 e. The molecular weight excluding hydrogens is 249 g/mol. The molecular formula is C10H11BrFNO. The van der Waals surface area contributed by atoms with Crippen LogP contribution in [0.15, 0.2) is 22.7 Å². The zero-order valence-corrected chi connectivity index (χ0v) is 9.40. The molecule has 1 rings (SSSR count). The highest BCUT2D eigenvalue weighted by molar-refractivity contribution is 9.10. The first-order chi connectivity index (χ1) is 6.63. The average molecular weight is 260 g/mol. The fourth-order valence-corrected chi connectivity index (χ4v) is 1.52. The van der Waals surface area contributed by atoms with Crippen LogP contribution in [0, 0.1) is 5.82 Å². The third-order valence-electron chi connectivity index (χ3n) is 1.72. The number of nitrogens with one attached hydrogen (secondary N) is 1. The molecule has 76 valence electrons. The van der Waals surface area contributed by atoms with Gasteiger partial charge in [0.15, 0.2) is 0 Å². The first kappa shape index (κ1) is 11.2. The number of rotatable bonds is 3. The third-order valence-corrected chi connectivity index (χ3v) is 2.33. The lowest BCUT2D eigenvalue weighted by Crippen LogP contribution is -2.24. The van der Waals surface area contributed by atoms with Crippen LogP contribution in [-0.4, -0.2) is 12.5 Å². The fourth-order valence-electron chi connectivity index (χ4n) is 1.09. The minimum absolute atomic E-state index is 0.0500. The van der Waals surface area contributed by atoms with Crippen molar-refractivity contribution in [2.75, 3.05) is 6.54 Å². The number of hydrogen-bond donors (Lipinski definition) is 1. The quantitative estimate of drug-likeness (QED) is 0.887. The van der Waals surface area contributed by atoms with Crippen LogP contribution in [0.4, 0.5) is 4.39 Å². The van der Waals surface area contributed by atoms with Crippen LogP contribution in [0.25, 0.3) is 0 Å². The molecule has 14 heavy (non-hydrogen) atoms. The van der Waals surface area contributed by atoms with Crippen LogP contribution in [-0.2, 0) is 11.2 Å². The molecule has 0 aliphatic rings. The van der Waals surface area contributed by atoms with E-state index in [9.17, 15) is 9.18 Å². The van der Waals surface area contributed by atoms with Gasteiger partial charge in [0.05, 0.1) is 10.9 Å². The number of likely N-dealkylation sites (N-methyl/N-ethyl adjacent to an activating group) is 1. The van der Waals surface area contributed by atoms with Gasteiger partial charge in [-0.25, -0.2) is 4.39 Å². The summed E-state index contributed by atoms with van der Waals surface area (Å²) in [5.41, 5.74) is 0.796. The van der Waals surface area contributed by atoms with Gasteiger partial charge >= 0.3 is 0 Å². The van der Waals surface area contributed by atoms with Crippen LogP contribution < -0.4 is 5.32 Å². The maximum absolute atomic E-state index is 12.8. The fraction of sp³-hybridized carbons (Fsp3) is 0.300. The van der Waals surface area contributed by atoms with E-state index in [1.165, 1.54) is 6.07 Å². The van der Waals surface area contributed by atoms with Crippen molar-refractivity contribution < 1.29 is 9.18 Å². The van der Waals surface area contributed by atoms with E-state index < -0.39 is 0 Å². The Morgan fingerprint density at radius 2 is 2.29 bits per heavy atom. The highest BCUT2D eigenvalue weighted by Gasteiger charge is 2.04. The second-order valence-electron chi connectivity index (χ2n) is 2.88. The molecule has 0 unspecified atom stereocenters. The maximum atomic E-state index is 12.8. The van der Waals surface area contributed by atoms with Gasteiger partial charge in [-0.2, -0.15) is 0 Å². The van der Waals surface area contributed by atoms with Gasteiger partial charge < -0.3 is 5.32 Å². The van der Waals surface area contributed by atoms with Gasteiger partial charge in [0, 0.05) is 6.54 Å². The minimum atomic E-state index is -0.315. The van der Waals surface area contributed by atoms with E-state index in [1.807, 2.05) is 6.92 Å². The van der Waals surface area contributed by atoms with Crippen LogP contribution in [0.5, 0.6) is 0 Å². The molecule has 2 nitrogen and oxygen atoms in total. The first-order valence-electron chi connectivity index (χ1n) is 4.34. The summed E-state index contributed by atoms with van der Waals surface area (Å²) in [5, 5.41) is 2.68. The second-order valence-corrected chi connectivity index (χ2v) is 3.73. The van der Waals surface area contributed by atoms with E-state index in [1.54, 1.807) is 12.1 Å². The van der Waals surface area contributed by atoms with Crippen LogP contribution >= 0.6 is 15.9 Å². The number of amides is 1. The predicted octanol–water partition coefficient (Wildman–Crippen LogP) is 2.27. The van der Waals surface area contributed by atoms with E-state index in [2.05, 4.69) is 21.2 Å². The van der Waals surface area contributed by atoms with Crippen molar-refractivity contribution in [1.29, 1.82) is 0 Å². The normalized spacial score (nSPS) is 9.93. The van der Waals surface area contributed by atoms with Gasteiger partial charge in [-0.1, -0.05) is 6.07 Å². The molecule has 0 aliphatic heterocycles. The monoisotopic (exact) mass is 259 g/mol. The lowest BCUT2D eigenvalue weighted by Gasteiger charge is -2.03. The summed E-state index contributed by atoms with van der Waals surface area (Å²) in [5.74, 6) is -0.365. The van der Waals surface area contributed by atoms with Crippen molar-refractivity contribution in [3.8, 4) is 0 Å². The van der Waals surface area contributed by atoms with Crippen molar-refractivity contribution in [1.82, 2.24) is 5.32 Å². The zero-order chi connectivity index (χ0) is 10.6. The molecule has 0 atom stereocenters. The third kappa shape index (κ3) is 3.10. The number of carbonyl (C=O) groups is 1. The Kier molecular flexibility index (Phi) is 4.07. The molecule has 0 bridgehead atoms. The molecule has 0 radical (unpaired) electrons. The Morgan fingerprint density at radius 3 is 2.86 bits per heavy atom. The standard InChI is InChI=1S/C10H11BrFNO/c1-2-13-10(14)6-7-3-4-9(12)8(11)5-7/h3-5H,2,6H2,1H3,(H,13,14). The number of halogens is 2. The lowest BCUT2D eigenvalue weighted by molar-refractivity contribution is -0.120. The van der Waals surface area contributed by atoms with Crippen LogP contribution in [0.2, 0.25) is 0 Å². The van der Waals surface area contributed by atoms with Crippen LogP contribution in [0.1, 0.15) is 12.5 Å². The summed E-state index contributed by atoms with van der Waals surface area (Å²) in [6.07, 6.45) is 0.284. The van der Waals surface area contributed by atoms with Crippen molar-refractivity contribution in [3.63, 3.8) is 0 Å². The van der Waals surface area contributed by atoms with E-state index in [4.69, 9.17) is 0 Å². The summed E-state index contributed by atoms with van der Waals surface area (Å²) in [7, 11) is 0. The van der Waals surface area contributed by atoms with Crippen molar-refractivity contribution in [2.24, 2.45) is 0 Å². The van der Waals surface area contributed by atoms with E-state index in [0.29, 0.717) is 11.0 Å². The molecule has 1 aromatic carbocycles. The minimum Gasteiger partial charge on any atom is -0.356 e. The average Bonchev–Trinajstić information content (AvgIpc) is 2.12. The Balaban J connectivity index is 2.68. The Bertz CT molecular complexity index is 341. The molecule has 0 saturated carbocycles. The topological polar surface area (TPSA) is 29.1 Å². The van der Waals surface area contributed by atoms with Gasteiger partial charge in [0.1, 0.15) is 5.82 Å². The molecule has 0 fully saturated rings. The number of benzene rings is 1. The molecule has 0 heterocycles. The van der Waals surface area contributed by atoms with Crippen molar-refractivity contribution in [2.45, 2.75) is 13.3 Å². The lowest BCUT2D eigenvalue weighted by atomic mass is 10.1. The van der Waals surface area contributed by atoms with Gasteiger partial charge in [0.25, 0.3) is 0 Å². The predicted molar refractivity (Wildman–Crippen MR) is 56.5 cm³/mol. The Labute approximate surface area is 90.6 Å². The number of carbonyl (C=O) groups excluding carboxylic acids is 1. The summed E-state index contributed by atoms with van der Waals surface area (Å²) >= 11 is 3.07. The Hall–Kier alpha value is -0.900. The first-order valence-corrected chi connectivity index (χ1v) is 5.13. The SMILES string of the molecule is CCNC(=O)Cc1ccc(F)c(Br)c1. The van der Waals surface area contributed by atoms with E-state index in [0.717, 1.165) is 5.56 Å². The van der Waals surface area contributed by atoms with Crippen LogP contribution in [0.3, 0.4) is 0 Å². The molecule has 1 N–H and O–H groups in total. The Morgan fingerprint density at radius 1 is 1.57 bits per heavy atom. The molecule has 1 amide bonds. The largest absolute Gasteiger partial charge is 0.356 e. The summed E-state index contributed by atoms with van der Waals surface area (Å²) < 4.78 is 13.2. The van der Waals surface area contributed by atoms with Gasteiger partial charge in [-0.15, -0.1) is 0 Å². The van der Waals surface area contributed by atoms with E-state index in [-0.39, 0.29) is 18.1 Å². The van der Waals surface area contributed by atoms with Crippen molar-refractivity contribution in [3.05, 3.63) is 34.1 Å².